The Labute approximate surface area is 60.5 Å². The van der Waals surface area contributed by atoms with E-state index in [1.54, 1.807) is 0 Å². The van der Waals surface area contributed by atoms with Crippen LogP contribution in [0.2, 0.25) is 0 Å². The van der Waals surface area contributed by atoms with Crippen molar-refractivity contribution in [1.82, 2.24) is 10.2 Å². The number of rotatable bonds is 0. The van der Waals surface area contributed by atoms with E-state index in [0.29, 0.717) is 6.04 Å². The molecule has 1 unspecified atom stereocenters. The fourth-order valence-electron chi connectivity index (χ4n) is 1.17. The van der Waals surface area contributed by atoms with Gasteiger partial charge < -0.3 is 10.2 Å². The van der Waals surface area contributed by atoms with Crippen LogP contribution in [0.4, 0.5) is 0 Å². The molecule has 2 heteroatoms. The molecule has 10 heavy (non-hydrogen) atoms. The van der Waals surface area contributed by atoms with Gasteiger partial charge in [0.2, 0.25) is 0 Å². The molecule has 0 aliphatic carbocycles. The molecule has 2 rings (SSSR count). The minimum atomic E-state index is 0.461. The first-order chi connectivity index (χ1) is 4.88. The molecule has 1 radical (unpaired) electrons. The van der Waals surface area contributed by atoms with Gasteiger partial charge in [0.1, 0.15) is 5.82 Å². The van der Waals surface area contributed by atoms with Gasteiger partial charge in [0.15, 0.2) is 0 Å². The van der Waals surface area contributed by atoms with Crippen molar-refractivity contribution in [3.8, 4) is 0 Å². The van der Waals surface area contributed by atoms with Crippen molar-refractivity contribution in [3.05, 3.63) is 36.4 Å². The normalized spacial score (nSPS) is 27.9. The first-order valence-electron chi connectivity index (χ1n) is 3.39. The maximum atomic E-state index is 3.02. The van der Waals surface area contributed by atoms with Crippen molar-refractivity contribution in [2.45, 2.75) is 13.0 Å². The highest BCUT2D eigenvalue weighted by Crippen LogP contribution is 2.17. The zero-order valence-electron chi connectivity index (χ0n) is 5.83. The van der Waals surface area contributed by atoms with Gasteiger partial charge in [0.25, 0.3) is 0 Å². The molecule has 0 aromatic heterocycles. The van der Waals surface area contributed by atoms with Crippen LogP contribution in [0.25, 0.3) is 0 Å². The number of hydrogen-bond acceptors (Lipinski definition) is 2. The van der Waals surface area contributed by atoms with E-state index in [4.69, 9.17) is 0 Å². The Morgan fingerprint density at radius 3 is 3.40 bits per heavy atom. The molecule has 2 nitrogen and oxygen atoms in total. The Morgan fingerprint density at radius 2 is 2.60 bits per heavy atom. The fourth-order valence-corrected chi connectivity index (χ4v) is 1.17. The van der Waals surface area contributed by atoms with Gasteiger partial charge in [-0.25, -0.2) is 0 Å². The van der Waals surface area contributed by atoms with Crippen molar-refractivity contribution >= 4 is 0 Å². The third-order valence-corrected chi connectivity index (χ3v) is 1.76. The molecule has 2 heterocycles. The molecule has 1 atom stereocenters. The van der Waals surface area contributed by atoms with Crippen LogP contribution in [0.5, 0.6) is 0 Å². The topological polar surface area (TPSA) is 15.3 Å². The lowest BCUT2D eigenvalue weighted by Crippen LogP contribution is -2.28. The van der Waals surface area contributed by atoms with E-state index >= 15 is 0 Å². The van der Waals surface area contributed by atoms with E-state index in [2.05, 4.69) is 35.5 Å². The molecule has 0 saturated heterocycles. The molecule has 0 spiro atoms. The molecule has 0 fully saturated rings. The summed E-state index contributed by atoms with van der Waals surface area (Å²) >= 11 is 0. The lowest BCUT2D eigenvalue weighted by molar-refractivity contribution is 0.413. The van der Waals surface area contributed by atoms with Crippen molar-refractivity contribution in [3.63, 3.8) is 0 Å². The minimum Gasteiger partial charge on any atom is -0.339 e. The SMILES string of the molecule is CC1C=CC=C2N[C]=CN21. The van der Waals surface area contributed by atoms with Crippen molar-refractivity contribution < 1.29 is 0 Å². The summed E-state index contributed by atoms with van der Waals surface area (Å²) in [6.45, 7) is 2.15. The second-order valence-electron chi connectivity index (χ2n) is 2.48. The van der Waals surface area contributed by atoms with Gasteiger partial charge in [0.05, 0.1) is 12.2 Å². The Morgan fingerprint density at radius 1 is 1.70 bits per heavy atom. The van der Waals surface area contributed by atoms with Gasteiger partial charge >= 0.3 is 0 Å². The number of nitrogens with one attached hydrogen (secondary N) is 1. The predicted octanol–water partition coefficient (Wildman–Crippen LogP) is 0.966. The van der Waals surface area contributed by atoms with Crippen molar-refractivity contribution in [1.29, 1.82) is 0 Å². The summed E-state index contributed by atoms with van der Waals surface area (Å²) in [4.78, 5) is 2.14. The third kappa shape index (κ3) is 0.652. The molecule has 2 aliphatic rings. The second-order valence-corrected chi connectivity index (χ2v) is 2.48. The van der Waals surface area contributed by atoms with E-state index in [1.165, 1.54) is 0 Å². The van der Waals surface area contributed by atoms with Crippen LogP contribution in [0, 0.1) is 6.20 Å². The Balaban J connectivity index is 2.31. The average Bonchev–Trinajstić information content (AvgIpc) is 2.36. The Bertz CT molecular complexity index is 225. The van der Waals surface area contributed by atoms with E-state index < -0.39 is 0 Å². The van der Waals surface area contributed by atoms with Crippen LogP contribution in [0.15, 0.2) is 30.2 Å². The van der Waals surface area contributed by atoms with Gasteiger partial charge in [-0.15, -0.1) is 0 Å². The highest BCUT2D eigenvalue weighted by molar-refractivity contribution is 5.24. The van der Waals surface area contributed by atoms with Crippen LogP contribution in [-0.4, -0.2) is 10.9 Å². The summed E-state index contributed by atoms with van der Waals surface area (Å²) in [5.74, 6) is 1.12. The van der Waals surface area contributed by atoms with E-state index in [0.717, 1.165) is 5.82 Å². The second kappa shape index (κ2) is 1.90. The molecule has 2 aliphatic heterocycles. The van der Waals surface area contributed by atoms with Crippen LogP contribution >= 0.6 is 0 Å². The van der Waals surface area contributed by atoms with Gasteiger partial charge in [-0.2, -0.15) is 0 Å². The third-order valence-electron chi connectivity index (χ3n) is 1.76. The molecule has 0 saturated carbocycles. The van der Waals surface area contributed by atoms with Crippen LogP contribution in [-0.2, 0) is 0 Å². The Kier molecular flexibility index (Phi) is 1.07. The van der Waals surface area contributed by atoms with Gasteiger partial charge in [-0.05, 0) is 13.0 Å². The zero-order chi connectivity index (χ0) is 6.97. The molecule has 0 amide bonds. The highest BCUT2D eigenvalue weighted by Gasteiger charge is 2.17. The lowest BCUT2D eigenvalue weighted by Gasteiger charge is -2.24. The van der Waals surface area contributed by atoms with Gasteiger partial charge in [-0.3, -0.25) is 0 Å². The molecular weight excluding hydrogens is 124 g/mol. The maximum absolute atomic E-state index is 3.02. The first kappa shape index (κ1) is 5.59. The number of fused-ring (bicyclic) bond motifs is 1. The Hall–Kier alpha value is -1.18. The number of hydrogen-bond donors (Lipinski definition) is 1. The van der Waals surface area contributed by atoms with Crippen molar-refractivity contribution in [2.24, 2.45) is 0 Å². The molecule has 0 aromatic rings. The zero-order valence-corrected chi connectivity index (χ0v) is 5.83. The monoisotopic (exact) mass is 133 g/mol. The largest absolute Gasteiger partial charge is 0.339 e. The first-order valence-corrected chi connectivity index (χ1v) is 3.39. The lowest BCUT2D eigenvalue weighted by atomic mass is 10.2. The maximum Gasteiger partial charge on any atom is 0.110 e. The molecule has 0 bridgehead atoms. The fraction of sp³-hybridized carbons (Fsp3) is 0.250. The smallest absolute Gasteiger partial charge is 0.110 e. The van der Waals surface area contributed by atoms with Crippen molar-refractivity contribution in [2.75, 3.05) is 0 Å². The summed E-state index contributed by atoms with van der Waals surface area (Å²) < 4.78 is 0. The standard InChI is InChI=1S/C8H9N2/c1-7-3-2-4-8-9-5-6-10(7)8/h2-4,6-7,9H,1H3. The van der Waals surface area contributed by atoms with Crippen LogP contribution in [0.1, 0.15) is 6.92 Å². The number of nitrogens with zero attached hydrogens (tertiary/aromatic N) is 1. The minimum absolute atomic E-state index is 0.461. The van der Waals surface area contributed by atoms with Gasteiger partial charge in [-0.1, -0.05) is 12.2 Å². The summed E-state index contributed by atoms with van der Waals surface area (Å²) in [6, 6.07) is 0.461. The van der Waals surface area contributed by atoms with Crippen LogP contribution in [0.3, 0.4) is 0 Å². The summed E-state index contributed by atoms with van der Waals surface area (Å²) in [5.41, 5.74) is 0. The summed E-state index contributed by atoms with van der Waals surface area (Å²) in [6.07, 6.45) is 11.1. The quantitative estimate of drug-likeness (QED) is 0.529. The molecule has 51 valence electrons. The van der Waals surface area contributed by atoms with E-state index in [-0.39, 0.29) is 0 Å². The summed E-state index contributed by atoms with van der Waals surface area (Å²) in [5, 5.41) is 3.02. The highest BCUT2D eigenvalue weighted by atomic mass is 15.3. The van der Waals surface area contributed by atoms with E-state index in [1.807, 2.05) is 12.3 Å². The van der Waals surface area contributed by atoms with Crippen LogP contribution < -0.4 is 5.32 Å². The average molecular weight is 133 g/mol. The predicted molar refractivity (Wildman–Crippen MR) is 39.5 cm³/mol. The molecular formula is C8H9N2. The molecule has 0 aromatic carbocycles. The number of allylic oxidation sites excluding steroid dienone is 2. The van der Waals surface area contributed by atoms with Gasteiger partial charge in [0, 0.05) is 6.20 Å². The molecule has 1 N–H and O–H groups in total. The van der Waals surface area contributed by atoms with E-state index in [9.17, 15) is 0 Å². The summed E-state index contributed by atoms with van der Waals surface area (Å²) in [7, 11) is 0.